The van der Waals surface area contributed by atoms with Gasteiger partial charge in [0.15, 0.2) is 0 Å². The molecule has 2 fully saturated rings. The van der Waals surface area contributed by atoms with Crippen LogP contribution in [0.5, 0.6) is 5.88 Å². The lowest BCUT2D eigenvalue weighted by Gasteiger charge is -2.64. The van der Waals surface area contributed by atoms with Crippen molar-refractivity contribution >= 4 is 28.0 Å². The normalized spacial score (nSPS) is 24.5. The minimum atomic E-state index is -3.24. The number of nitrogens with zero attached hydrogens (tertiary/aromatic N) is 3. The van der Waals surface area contributed by atoms with Crippen molar-refractivity contribution < 1.29 is 23.0 Å². The molecule has 1 amide bonds. The molecular formula is C21H27FN6O4S. The van der Waals surface area contributed by atoms with Crippen molar-refractivity contribution in [1.29, 1.82) is 5.41 Å². The summed E-state index contributed by atoms with van der Waals surface area (Å²) in [5.41, 5.74) is -0.382. The molecule has 2 aromatic rings. The van der Waals surface area contributed by atoms with E-state index in [0.29, 0.717) is 24.5 Å². The van der Waals surface area contributed by atoms with Crippen LogP contribution >= 0.6 is 10.6 Å². The third kappa shape index (κ3) is 3.82. The van der Waals surface area contributed by atoms with Crippen molar-refractivity contribution in [2.24, 2.45) is 0 Å². The van der Waals surface area contributed by atoms with Crippen LogP contribution in [0.15, 0.2) is 24.4 Å². The monoisotopic (exact) mass is 478 g/mol. The third-order valence-corrected chi connectivity index (χ3v) is 8.88. The summed E-state index contributed by atoms with van der Waals surface area (Å²) in [7, 11) is 0.0384. The number of nitrogens with one attached hydrogen (secondary N) is 3. The Hall–Kier alpha value is -2.80. The van der Waals surface area contributed by atoms with Crippen LogP contribution in [-0.4, -0.2) is 73.5 Å². The maximum absolute atomic E-state index is 14.9. The fourth-order valence-corrected chi connectivity index (χ4v) is 7.00. The Bertz CT molecular complexity index is 1140. The zero-order valence-electron chi connectivity index (χ0n) is 18.8. The molecule has 1 spiro atoms. The number of methoxy groups -OCH3 is 1. The second-order valence-corrected chi connectivity index (χ2v) is 11.2. The average molecular weight is 479 g/mol. The molecule has 0 saturated carbocycles. The molecule has 178 valence electrons. The summed E-state index contributed by atoms with van der Waals surface area (Å²) in [5, 5.41) is 14.2. The third-order valence-electron chi connectivity index (χ3n) is 6.19. The number of ether oxygens (including phenoxy) is 1. The van der Waals surface area contributed by atoms with Gasteiger partial charge < -0.3 is 20.3 Å². The molecule has 2 aliphatic rings. The Morgan fingerprint density at radius 2 is 2.09 bits per heavy atom. The van der Waals surface area contributed by atoms with E-state index in [1.165, 1.54) is 31.5 Å². The molecule has 0 unspecified atom stereocenters. The van der Waals surface area contributed by atoms with E-state index in [2.05, 4.69) is 20.6 Å². The molecule has 1 aromatic carbocycles. The summed E-state index contributed by atoms with van der Waals surface area (Å²) in [4.78, 5) is 22.8. The van der Waals surface area contributed by atoms with Crippen LogP contribution in [-0.2, 0) is 5.54 Å². The molecule has 33 heavy (non-hydrogen) atoms. The molecule has 12 heteroatoms. The summed E-state index contributed by atoms with van der Waals surface area (Å²) < 4.78 is 40.8. The topological polar surface area (TPSA) is 144 Å². The van der Waals surface area contributed by atoms with Crippen LogP contribution in [0.25, 0.3) is 0 Å². The summed E-state index contributed by atoms with van der Waals surface area (Å²) in [6, 6.07) is 4.03. The van der Waals surface area contributed by atoms with Gasteiger partial charge in [0.05, 0.1) is 30.3 Å². The number of rotatable bonds is 4. The number of anilines is 1. The van der Waals surface area contributed by atoms with E-state index >= 15 is 0 Å². The Morgan fingerprint density at radius 1 is 1.39 bits per heavy atom. The van der Waals surface area contributed by atoms with E-state index in [1.54, 1.807) is 13.8 Å². The number of aryl methyl sites for hydroxylation is 1. The van der Waals surface area contributed by atoms with Gasteiger partial charge in [0, 0.05) is 24.3 Å². The highest BCUT2D eigenvalue weighted by atomic mass is 32.3. The molecule has 2 aliphatic heterocycles. The smallest absolute Gasteiger partial charge is 0.276 e. The molecule has 1 atom stereocenters. The Labute approximate surface area is 192 Å². The van der Waals surface area contributed by atoms with Crippen molar-refractivity contribution in [2.45, 2.75) is 24.1 Å². The quantitative estimate of drug-likeness (QED) is 0.451. The van der Waals surface area contributed by atoms with E-state index in [-0.39, 0.29) is 28.7 Å². The van der Waals surface area contributed by atoms with Gasteiger partial charge in [0.25, 0.3) is 5.91 Å². The molecule has 4 rings (SSSR count). The molecule has 0 radical (unpaired) electrons. The van der Waals surface area contributed by atoms with Crippen LogP contribution in [0.3, 0.4) is 0 Å². The largest absolute Gasteiger partial charge is 0.480 e. The molecule has 10 nitrogen and oxygen atoms in total. The van der Waals surface area contributed by atoms with Gasteiger partial charge in [-0.05, 0) is 39.1 Å². The Morgan fingerprint density at radius 3 is 2.67 bits per heavy atom. The van der Waals surface area contributed by atoms with Crippen LogP contribution < -0.4 is 15.4 Å². The molecule has 3 heterocycles. The fourth-order valence-electron chi connectivity index (χ4n) is 4.46. The Balaban J connectivity index is 1.61. The van der Waals surface area contributed by atoms with Gasteiger partial charge in [-0.2, -0.15) is 10.6 Å². The average Bonchev–Trinajstić information content (AvgIpc) is 2.70. The van der Waals surface area contributed by atoms with Gasteiger partial charge in [0.1, 0.15) is 22.1 Å². The van der Waals surface area contributed by atoms with Crippen LogP contribution in [0, 0.1) is 18.2 Å². The molecule has 0 aliphatic carbocycles. The fraction of sp³-hybridized carbons (Fsp3) is 0.429. The molecule has 5 N–H and O–H groups in total. The van der Waals surface area contributed by atoms with Crippen molar-refractivity contribution in [3.8, 4) is 5.88 Å². The Kier molecular flexibility index (Phi) is 5.60. The second kappa shape index (κ2) is 7.90. The number of carbonyl (C=O) groups excluding carboxylic acids is 1. The minimum absolute atomic E-state index is 0.0210. The number of benzene rings is 1. The van der Waals surface area contributed by atoms with Crippen molar-refractivity contribution in [2.75, 3.05) is 38.3 Å². The van der Waals surface area contributed by atoms with E-state index in [0.717, 1.165) is 0 Å². The van der Waals surface area contributed by atoms with Gasteiger partial charge in [-0.1, -0.05) is 0 Å². The molecule has 2 saturated heterocycles. The summed E-state index contributed by atoms with van der Waals surface area (Å²) >= 11 is 0. The van der Waals surface area contributed by atoms with Crippen LogP contribution in [0.1, 0.15) is 28.7 Å². The van der Waals surface area contributed by atoms with E-state index in [9.17, 15) is 18.3 Å². The van der Waals surface area contributed by atoms with Gasteiger partial charge >= 0.3 is 0 Å². The van der Waals surface area contributed by atoms with Gasteiger partial charge in [-0.15, -0.1) is 0 Å². The zero-order chi connectivity index (χ0) is 24.2. The first-order valence-corrected chi connectivity index (χ1v) is 11.9. The van der Waals surface area contributed by atoms with Crippen molar-refractivity contribution in [3.05, 3.63) is 47.2 Å². The number of carbonyl (C=O) groups is 1. The number of halogens is 1. The standard InChI is InChI=1S/C21H27FN6O4S/c1-12-17(24-8-16(25-12)32-4)18(29)26-13-5-6-15(22)14(7-13)20(2)11-33(30,31)21(19(23)27-20)9-28(3)10-21/h5-8,30-31H,9-11H2,1-4H3,(H2,23,27)(H,26,29)/t20-/m0/s1. The number of hydrogen-bond acceptors (Lipinski definition) is 8. The van der Waals surface area contributed by atoms with Gasteiger partial charge in [0.2, 0.25) is 5.88 Å². The first-order chi connectivity index (χ1) is 15.4. The predicted octanol–water partition coefficient (Wildman–Crippen LogP) is 2.42. The number of likely N-dealkylation sites (tertiary alicyclic amines) is 1. The second-order valence-electron chi connectivity index (χ2n) is 8.80. The number of amides is 1. The van der Waals surface area contributed by atoms with E-state index in [4.69, 9.17) is 10.1 Å². The highest BCUT2D eigenvalue weighted by molar-refractivity contribution is 8.26. The van der Waals surface area contributed by atoms with Gasteiger partial charge in [-0.3, -0.25) is 19.3 Å². The first-order valence-electron chi connectivity index (χ1n) is 10.2. The zero-order valence-corrected chi connectivity index (χ0v) is 19.6. The highest BCUT2D eigenvalue weighted by Gasteiger charge is 2.61. The predicted molar refractivity (Wildman–Crippen MR) is 124 cm³/mol. The lowest BCUT2D eigenvalue weighted by Crippen LogP contribution is -2.75. The lowest BCUT2D eigenvalue weighted by atomic mass is 9.89. The number of hydrogen-bond donors (Lipinski definition) is 5. The SMILES string of the molecule is COc1cnc(C(=O)Nc2ccc(F)c([C@]3(C)CS(O)(O)C4(CN(C)C4)C(=N)N3)c2)c(C)n1. The number of aromatic nitrogens is 2. The molecule has 1 aromatic heterocycles. The number of amidine groups is 1. The summed E-state index contributed by atoms with van der Waals surface area (Å²) in [6.45, 7) is 3.93. The van der Waals surface area contributed by atoms with Crippen LogP contribution in [0.2, 0.25) is 0 Å². The van der Waals surface area contributed by atoms with Crippen molar-refractivity contribution in [1.82, 2.24) is 20.2 Å². The molecular weight excluding hydrogens is 451 g/mol. The molecule has 0 bridgehead atoms. The minimum Gasteiger partial charge on any atom is -0.480 e. The first kappa shape index (κ1) is 23.4. The van der Waals surface area contributed by atoms with Crippen molar-refractivity contribution in [3.63, 3.8) is 0 Å². The summed E-state index contributed by atoms with van der Waals surface area (Å²) in [5.74, 6) is -1.02. The van der Waals surface area contributed by atoms with Gasteiger partial charge in [-0.25, -0.2) is 14.4 Å². The summed E-state index contributed by atoms with van der Waals surface area (Å²) in [6.07, 6.45) is 1.33. The highest BCUT2D eigenvalue weighted by Crippen LogP contribution is 2.61. The lowest BCUT2D eigenvalue weighted by molar-refractivity contribution is 0.102. The maximum Gasteiger partial charge on any atom is 0.276 e. The maximum atomic E-state index is 14.9. The van der Waals surface area contributed by atoms with E-state index in [1.807, 2.05) is 11.9 Å². The van der Waals surface area contributed by atoms with E-state index < -0.39 is 32.6 Å². The van der Waals surface area contributed by atoms with Crippen LogP contribution in [0.4, 0.5) is 10.1 Å².